The van der Waals surface area contributed by atoms with Crippen molar-refractivity contribution in [3.63, 3.8) is 0 Å². The quantitative estimate of drug-likeness (QED) is 0.393. The molecule has 2 rings (SSSR count). The van der Waals surface area contributed by atoms with E-state index >= 15 is 0 Å². The van der Waals surface area contributed by atoms with Gasteiger partial charge in [0, 0.05) is 37.8 Å². The van der Waals surface area contributed by atoms with Crippen LogP contribution in [0.3, 0.4) is 0 Å². The molecule has 0 atom stereocenters. The van der Waals surface area contributed by atoms with Crippen LogP contribution in [0.5, 0.6) is 5.75 Å². The van der Waals surface area contributed by atoms with Crippen molar-refractivity contribution in [2.45, 2.75) is 6.54 Å². The molecule has 0 aliphatic rings. The predicted octanol–water partition coefficient (Wildman–Crippen LogP) is 2.07. The Bertz CT molecular complexity index is 812. The van der Waals surface area contributed by atoms with Crippen LogP contribution >= 0.6 is 0 Å². The van der Waals surface area contributed by atoms with Gasteiger partial charge in [-0.25, -0.2) is 8.78 Å². The first-order valence-electron chi connectivity index (χ1n) is 8.34. The minimum atomic E-state index is -0.503. The fraction of sp³-hybridized carbons (Fsp3) is 0.263. The van der Waals surface area contributed by atoms with E-state index in [9.17, 15) is 13.6 Å². The molecule has 0 heterocycles. The maximum atomic E-state index is 13.6. The highest BCUT2D eigenvalue weighted by molar-refractivity contribution is 5.94. The average Bonchev–Trinajstić information content (AvgIpc) is 2.69. The molecule has 0 aliphatic heterocycles. The Kier molecular flexibility index (Phi) is 7.54. The first-order chi connectivity index (χ1) is 13.0. The van der Waals surface area contributed by atoms with Gasteiger partial charge in [0.05, 0.1) is 7.11 Å². The number of carbonyl (C=O) groups excluding carboxylic acids is 1. The molecule has 2 aromatic carbocycles. The molecule has 0 saturated carbocycles. The van der Waals surface area contributed by atoms with Gasteiger partial charge in [0.15, 0.2) is 5.96 Å². The molecule has 0 radical (unpaired) electrons. The number of hydrogen-bond donors (Lipinski definition) is 3. The Balaban J connectivity index is 1.76. The number of rotatable bonds is 7. The monoisotopic (exact) mass is 376 g/mol. The third-order valence-electron chi connectivity index (χ3n) is 3.71. The predicted molar refractivity (Wildman–Crippen MR) is 99.9 cm³/mol. The van der Waals surface area contributed by atoms with E-state index < -0.39 is 11.6 Å². The Hall–Kier alpha value is -3.16. The lowest BCUT2D eigenvalue weighted by molar-refractivity contribution is 0.0954. The number of amides is 1. The molecule has 27 heavy (non-hydrogen) atoms. The number of guanidine groups is 1. The Morgan fingerprint density at radius 2 is 1.85 bits per heavy atom. The van der Waals surface area contributed by atoms with Gasteiger partial charge in [-0.05, 0) is 36.4 Å². The van der Waals surface area contributed by atoms with Gasteiger partial charge in [-0.2, -0.15) is 0 Å². The van der Waals surface area contributed by atoms with Crippen molar-refractivity contribution in [3.05, 3.63) is 65.2 Å². The molecule has 2 aromatic rings. The van der Waals surface area contributed by atoms with Crippen molar-refractivity contribution in [1.82, 2.24) is 16.0 Å². The summed E-state index contributed by atoms with van der Waals surface area (Å²) in [5.74, 6) is -0.203. The Morgan fingerprint density at radius 1 is 1.07 bits per heavy atom. The lowest BCUT2D eigenvalue weighted by Crippen LogP contribution is -2.41. The number of ether oxygens (including phenoxy) is 1. The zero-order chi connectivity index (χ0) is 19.6. The summed E-state index contributed by atoms with van der Waals surface area (Å²) in [5, 5.41) is 8.65. The van der Waals surface area contributed by atoms with Gasteiger partial charge in [-0.3, -0.25) is 9.79 Å². The van der Waals surface area contributed by atoms with E-state index in [1.54, 1.807) is 31.3 Å². The molecule has 8 heteroatoms. The lowest BCUT2D eigenvalue weighted by atomic mass is 10.2. The third kappa shape index (κ3) is 6.25. The number of nitrogens with one attached hydrogen (secondary N) is 3. The van der Waals surface area contributed by atoms with Gasteiger partial charge in [0.25, 0.3) is 5.91 Å². The molecule has 144 valence electrons. The van der Waals surface area contributed by atoms with Crippen LogP contribution < -0.4 is 20.7 Å². The number of methoxy groups -OCH3 is 1. The second-order valence-corrected chi connectivity index (χ2v) is 5.58. The fourth-order valence-electron chi connectivity index (χ4n) is 2.30. The van der Waals surface area contributed by atoms with Crippen molar-refractivity contribution in [2.75, 3.05) is 27.2 Å². The molecule has 0 bridgehead atoms. The summed E-state index contributed by atoms with van der Waals surface area (Å²) >= 11 is 0. The molecule has 3 N–H and O–H groups in total. The highest BCUT2D eigenvalue weighted by Crippen LogP contribution is 2.12. The van der Waals surface area contributed by atoms with E-state index in [1.807, 2.05) is 0 Å². The fourth-order valence-corrected chi connectivity index (χ4v) is 2.30. The number of benzene rings is 2. The molecule has 0 aromatic heterocycles. The smallest absolute Gasteiger partial charge is 0.251 e. The van der Waals surface area contributed by atoms with E-state index in [4.69, 9.17) is 4.74 Å². The van der Waals surface area contributed by atoms with Crippen LogP contribution in [0.1, 0.15) is 15.9 Å². The van der Waals surface area contributed by atoms with Gasteiger partial charge >= 0.3 is 0 Å². The third-order valence-corrected chi connectivity index (χ3v) is 3.71. The summed E-state index contributed by atoms with van der Waals surface area (Å²) in [7, 11) is 3.10. The van der Waals surface area contributed by atoms with E-state index in [2.05, 4.69) is 20.9 Å². The number of nitrogens with zero attached hydrogens (tertiary/aromatic N) is 1. The molecule has 0 fully saturated rings. The highest BCUT2D eigenvalue weighted by Gasteiger charge is 2.07. The van der Waals surface area contributed by atoms with Gasteiger partial charge in [0.1, 0.15) is 17.4 Å². The molecule has 1 amide bonds. The van der Waals surface area contributed by atoms with Crippen LogP contribution in [0.15, 0.2) is 47.5 Å². The van der Waals surface area contributed by atoms with Crippen LogP contribution in [0.25, 0.3) is 0 Å². The minimum Gasteiger partial charge on any atom is -0.497 e. The molecule has 0 aliphatic carbocycles. The van der Waals surface area contributed by atoms with E-state index in [0.29, 0.717) is 30.4 Å². The summed E-state index contributed by atoms with van der Waals surface area (Å²) < 4.78 is 31.9. The first-order valence-corrected chi connectivity index (χ1v) is 8.34. The van der Waals surface area contributed by atoms with Crippen molar-refractivity contribution in [1.29, 1.82) is 0 Å². The van der Waals surface area contributed by atoms with Gasteiger partial charge < -0.3 is 20.7 Å². The Labute approximate surface area is 156 Å². The topological polar surface area (TPSA) is 74.8 Å². The first kappa shape index (κ1) is 20.2. The molecule has 6 nitrogen and oxygen atoms in total. The number of hydrogen-bond acceptors (Lipinski definition) is 3. The summed E-state index contributed by atoms with van der Waals surface area (Å²) in [5.41, 5.74) is 0.697. The molecular weight excluding hydrogens is 354 g/mol. The van der Waals surface area contributed by atoms with E-state index in [1.165, 1.54) is 7.11 Å². The Morgan fingerprint density at radius 3 is 2.59 bits per heavy atom. The molecular formula is C19H22F2N4O2. The maximum Gasteiger partial charge on any atom is 0.251 e. The van der Waals surface area contributed by atoms with E-state index in [-0.39, 0.29) is 18.0 Å². The number of carbonyl (C=O) groups is 1. The SMILES string of the molecule is CN=C(NCCNC(=O)c1cccc(OC)c1)NCc1cc(F)ccc1F. The second-order valence-electron chi connectivity index (χ2n) is 5.58. The van der Waals surface area contributed by atoms with Crippen molar-refractivity contribution in [3.8, 4) is 5.75 Å². The molecule has 0 saturated heterocycles. The number of halogens is 2. The van der Waals surface area contributed by atoms with E-state index in [0.717, 1.165) is 18.2 Å². The summed E-state index contributed by atoms with van der Waals surface area (Å²) in [6.45, 7) is 0.839. The van der Waals surface area contributed by atoms with Crippen LogP contribution in [-0.4, -0.2) is 39.1 Å². The number of aliphatic imine (C=N–C) groups is 1. The molecule has 0 unspecified atom stereocenters. The average molecular weight is 376 g/mol. The van der Waals surface area contributed by atoms with Crippen molar-refractivity contribution in [2.24, 2.45) is 4.99 Å². The summed E-state index contributed by atoms with van der Waals surface area (Å²) in [6, 6.07) is 10.1. The van der Waals surface area contributed by atoms with Crippen molar-refractivity contribution >= 4 is 11.9 Å². The summed E-state index contributed by atoms with van der Waals surface area (Å²) in [4.78, 5) is 16.1. The normalized spacial score (nSPS) is 11.0. The summed E-state index contributed by atoms with van der Waals surface area (Å²) in [6.07, 6.45) is 0. The second kappa shape index (κ2) is 10.1. The van der Waals surface area contributed by atoms with Crippen LogP contribution in [0, 0.1) is 11.6 Å². The van der Waals surface area contributed by atoms with Crippen LogP contribution in [-0.2, 0) is 6.54 Å². The lowest BCUT2D eigenvalue weighted by Gasteiger charge is -2.13. The zero-order valence-electron chi connectivity index (χ0n) is 15.2. The van der Waals surface area contributed by atoms with Gasteiger partial charge in [-0.15, -0.1) is 0 Å². The maximum absolute atomic E-state index is 13.6. The zero-order valence-corrected chi connectivity index (χ0v) is 15.2. The standard InChI is InChI=1S/C19H22F2N4O2/c1-22-19(25-12-14-10-15(20)6-7-17(14)21)24-9-8-23-18(26)13-4-3-5-16(11-13)27-2/h3-7,10-11H,8-9,12H2,1-2H3,(H,23,26)(H2,22,24,25). The van der Waals surface area contributed by atoms with Crippen molar-refractivity contribution < 1.29 is 18.3 Å². The van der Waals surface area contributed by atoms with Crippen LogP contribution in [0.2, 0.25) is 0 Å². The van der Waals surface area contributed by atoms with Crippen LogP contribution in [0.4, 0.5) is 8.78 Å². The molecule has 0 spiro atoms. The largest absolute Gasteiger partial charge is 0.497 e. The minimum absolute atomic E-state index is 0.0828. The highest BCUT2D eigenvalue weighted by atomic mass is 19.1. The van der Waals surface area contributed by atoms with Gasteiger partial charge in [0.2, 0.25) is 0 Å². The van der Waals surface area contributed by atoms with Gasteiger partial charge in [-0.1, -0.05) is 6.07 Å².